The molecular formula is C12H16ClN3O2. The van der Waals surface area contributed by atoms with Crippen LogP contribution in [-0.4, -0.2) is 47.6 Å². The predicted octanol–water partition coefficient (Wildman–Crippen LogP) is 1.63. The van der Waals surface area contributed by atoms with Crippen LogP contribution in [-0.2, 0) is 4.74 Å². The SMILES string of the molecule is CN(CC1CCCOC1)C(=O)c1cnc(Cl)cn1. The van der Waals surface area contributed by atoms with Crippen molar-refractivity contribution in [2.24, 2.45) is 5.92 Å². The number of aromatic nitrogens is 2. The van der Waals surface area contributed by atoms with Gasteiger partial charge in [-0.3, -0.25) is 4.79 Å². The van der Waals surface area contributed by atoms with Gasteiger partial charge in [-0.2, -0.15) is 0 Å². The second-order valence-corrected chi connectivity index (χ2v) is 4.88. The summed E-state index contributed by atoms with van der Waals surface area (Å²) in [6.45, 7) is 2.24. The van der Waals surface area contributed by atoms with Gasteiger partial charge in [-0.25, -0.2) is 9.97 Å². The van der Waals surface area contributed by atoms with Gasteiger partial charge in [0, 0.05) is 20.2 Å². The van der Waals surface area contributed by atoms with Crippen LogP contribution in [0.1, 0.15) is 23.3 Å². The van der Waals surface area contributed by atoms with E-state index in [1.54, 1.807) is 11.9 Å². The second-order valence-electron chi connectivity index (χ2n) is 4.49. The standard InChI is InChI=1S/C12H16ClN3O2/c1-16(7-9-3-2-4-18-8-9)12(17)10-5-15-11(13)6-14-10/h5-6,9H,2-4,7-8H2,1H3. The van der Waals surface area contributed by atoms with E-state index < -0.39 is 0 Å². The van der Waals surface area contributed by atoms with Crippen molar-refractivity contribution in [3.63, 3.8) is 0 Å². The Labute approximate surface area is 111 Å². The zero-order chi connectivity index (χ0) is 13.0. The van der Waals surface area contributed by atoms with Crippen molar-refractivity contribution in [1.82, 2.24) is 14.9 Å². The Morgan fingerprint density at radius 3 is 3.00 bits per heavy atom. The van der Waals surface area contributed by atoms with Gasteiger partial charge in [0.1, 0.15) is 10.8 Å². The van der Waals surface area contributed by atoms with Gasteiger partial charge < -0.3 is 9.64 Å². The summed E-state index contributed by atoms with van der Waals surface area (Å²) in [7, 11) is 1.77. The number of halogens is 1. The van der Waals surface area contributed by atoms with E-state index in [4.69, 9.17) is 16.3 Å². The highest BCUT2D eigenvalue weighted by Crippen LogP contribution is 2.15. The molecule has 0 bridgehead atoms. The van der Waals surface area contributed by atoms with Gasteiger partial charge in [0.05, 0.1) is 19.0 Å². The Hall–Kier alpha value is -1.20. The summed E-state index contributed by atoms with van der Waals surface area (Å²) in [5.74, 6) is 0.276. The Morgan fingerprint density at radius 2 is 2.39 bits per heavy atom. The lowest BCUT2D eigenvalue weighted by Gasteiger charge is -2.26. The highest BCUT2D eigenvalue weighted by molar-refractivity contribution is 6.29. The normalized spacial score (nSPS) is 19.6. The van der Waals surface area contributed by atoms with Crippen LogP contribution in [0.2, 0.25) is 5.15 Å². The molecule has 1 fully saturated rings. The van der Waals surface area contributed by atoms with Crippen LogP contribution in [0.15, 0.2) is 12.4 Å². The van der Waals surface area contributed by atoms with E-state index in [1.165, 1.54) is 12.4 Å². The molecule has 0 aromatic carbocycles. The molecule has 1 atom stereocenters. The zero-order valence-electron chi connectivity index (χ0n) is 10.3. The van der Waals surface area contributed by atoms with Gasteiger partial charge in [-0.05, 0) is 18.8 Å². The smallest absolute Gasteiger partial charge is 0.273 e. The third-order valence-electron chi connectivity index (χ3n) is 2.97. The largest absolute Gasteiger partial charge is 0.381 e. The third kappa shape index (κ3) is 3.40. The number of hydrogen-bond donors (Lipinski definition) is 0. The molecule has 1 aliphatic heterocycles. The highest BCUT2D eigenvalue weighted by Gasteiger charge is 2.20. The van der Waals surface area contributed by atoms with Crippen LogP contribution in [0.4, 0.5) is 0 Å². The average Bonchev–Trinajstić information content (AvgIpc) is 2.40. The van der Waals surface area contributed by atoms with Gasteiger partial charge in [-0.1, -0.05) is 11.6 Å². The fourth-order valence-corrected chi connectivity index (χ4v) is 2.14. The number of nitrogens with zero attached hydrogens (tertiary/aromatic N) is 3. The van der Waals surface area contributed by atoms with Crippen LogP contribution in [0.25, 0.3) is 0 Å². The van der Waals surface area contributed by atoms with Gasteiger partial charge in [0.2, 0.25) is 0 Å². The molecule has 1 aromatic rings. The monoisotopic (exact) mass is 269 g/mol. The lowest BCUT2D eigenvalue weighted by Crippen LogP contribution is -2.35. The summed E-state index contributed by atoms with van der Waals surface area (Å²) >= 11 is 5.64. The molecule has 5 nitrogen and oxygen atoms in total. The number of carbonyl (C=O) groups is 1. The molecule has 2 rings (SSSR count). The van der Waals surface area contributed by atoms with Crippen LogP contribution in [0.5, 0.6) is 0 Å². The van der Waals surface area contributed by atoms with Crippen molar-refractivity contribution in [3.05, 3.63) is 23.2 Å². The molecule has 6 heteroatoms. The van der Waals surface area contributed by atoms with Gasteiger partial charge >= 0.3 is 0 Å². The first-order valence-corrected chi connectivity index (χ1v) is 6.35. The molecule has 0 saturated carbocycles. The maximum Gasteiger partial charge on any atom is 0.273 e. The Kier molecular flexibility index (Phi) is 4.49. The minimum atomic E-state index is -0.134. The number of rotatable bonds is 3. The van der Waals surface area contributed by atoms with Crippen molar-refractivity contribution in [3.8, 4) is 0 Å². The van der Waals surface area contributed by atoms with Gasteiger partial charge in [0.25, 0.3) is 5.91 Å². The average molecular weight is 270 g/mol. The van der Waals surface area contributed by atoms with E-state index in [2.05, 4.69) is 9.97 Å². The van der Waals surface area contributed by atoms with Gasteiger partial charge in [0.15, 0.2) is 0 Å². The summed E-state index contributed by atoms with van der Waals surface area (Å²) in [4.78, 5) is 21.6. The van der Waals surface area contributed by atoms with Crippen molar-refractivity contribution in [2.75, 3.05) is 26.8 Å². The van der Waals surface area contributed by atoms with Crippen molar-refractivity contribution < 1.29 is 9.53 Å². The molecule has 1 amide bonds. The first-order chi connectivity index (χ1) is 8.66. The maximum atomic E-state index is 12.1. The first kappa shape index (κ1) is 13.2. The summed E-state index contributed by atoms with van der Waals surface area (Å²) in [5, 5.41) is 0.287. The molecule has 98 valence electrons. The lowest BCUT2D eigenvalue weighted by atomic mass is 10.0. The first-order valence-electron chi connectivity index (χ1n) is 5.97. The molecule has 0 N–H and O–H groups in total. The molecule has 1 saturated heterocycles. The molecule has 18 heavy (non-hydrogen) atoms. The number of carbonyl (C=O) groups excluding carboxylic acids is 1. The number of amides is 1. The third-order valence-corrected chi connectivity index (χ3v) is 3.17. The quantitative estimate of drug-likeness (QED) is 0.837. The number of hydrogen-bond acceptors (Lipinski definition) is 4. The molecule has 1 aliphatic rings. The van der Waals surface area contributed by atoms with E-state index in [0.29, 0.717) is 18.2 Å². The second kappa shape index (κ2) is 6.11. The topological polar surface area (TPSA) is 55.3 Å². The molecular weight excluding hydrogens is 254 g/mol. The summed E-state index contributed by atoms with van der Waals surface area (Å²) in [6, 6.07) is 0. The van der Waals surface area contributed by atoms with E-state index in [0.717, 1.165) is 26.1 Å². The van der Waals surface area contributed by atoms with E-state index in [-0.39, 0.29) is 11.1 Å². The van der Waals surface area contributed by atoms with E-state index >= 15 is 0 Å². The minimum absolute atomic E-state index is 0.134. The number of ether oxygens (including phenoxy) is 1. The Balaban J connectivity index is 1.93. The highest BCUT2D eigenvalue weighted by atomic mass is 35.5. The van der Waals surface area contributed by atoms with Crippen LogP contribution in [0, 0.1) is 5.92 Å². The molecule has 1 aromatic heterocycles. The lowest BCUT2D eigenvalue weighted by molar-refractivity contribution is 0.0386. The molecule has 0 aliphatic carbocycles. The van der Waals surface area contributed by atoms with Crippen LogP contribution in [0.3, 0.4) is 0 Å². The van der Waals surface area contributed by atoms with E-state index in [9.17, 15) is 4.79 Å². The fraction of sp³-hybridized carbons (Fsp3) is 0.583. The van der Waals surface area contributed by atoms with E-state index in [1.807, 2.05) is 0 Å². The minimum Gasteiger partial charge on any atom is -0.381 e. The Bertz CT molecular complexity index is 404. The van der Waals surface area contributed by atoms with Gasteiger partial charge in [-0.15, -0.1) is 0 Å². The summed E-state index contributed by atoms with van der Waals surface area (Å²) in [6.07, 6.45) is 4.95. The molecule has 1 unspecified atom stereocenters. The van der Waals surface area contributed by atoms with Crippen LogP contribution < -0.4 is 0 Å². The molecule has 0 radical (unpaired) electrons. The maximum absolute atomic E-state index is 12.1. The fourth-order valence-electron chi connectivity index (χ4n) is 2.04. The zero-order valence-corrected chi connectivity index (χ0v) is 11.1. The summed E-state index contributed by atoms with van der Waals surface area (Å²) < 4.78 is 5.40. The van der Waals surface area contributed by atoms with Crippen molar-refractivity contribution >= 4 is 17.5 Å². The molecule has 0 spiro atoms. The van der Waals surface area contributed by atoms with Crippen molar-refractivity contribution in [1.29, 1.82) is 0 Å². The summed E-state index contributed by atoms with van der Waals surface area (Å²) in [5.41, 5.74) is 0.318. The van der Waals surface area contributed by atoms with Crippen molar-refractivity contribution in [2.45, 2.75) is 12.8 Å². The predicted molar refractivity (Wildman–Crippen MR) is 67.5 cm³/mol. The van der Waals surface area contributed by atoms with Crippen LogP contribution >= 0.6 is 11.6 Å². The Morgan fingerprint density at radius 1 is 1.56 bits per heavy atom. The molecule has 2 heterocycles.